The molecule has 2 aliphatic rings. The van der Waals surface area contributed by atoms with E-state index in [-0.39, 0.29) is 30.0 Å². The minimum absolute atomic E-state index is 0.128. The van der Waals surface area contributed by atoms with Gasteiger partial charge in [-0.25, -0.2) is 0 Å². The molecule has 0 radical (unpaired) electrons. The lowest BCUT2D eigenvalue weighted by molar-refractivity contribution is -0.140. The van der Waals surface area contributed by atoms with E-state index in [1.807, 2.05) is 35.8 Å². The summed E-state index contributed by atoms with van der Waals surface area (Å²) in [6, 6.07) is 0. The van der Waals surface area contributed by atoms with Crippen LogP contribution in [0, 0.1) is 11.8 Å². The fraction of sp³-hybridized carbons (Fsp3) is 0.765. The summed E-state index contributed by atoms with van der Waals surface area (Å²) >= 11 is 0. The number of amides is 1. The van der Waals surface area contributed by atoms with E-state index in [1.54, 1.807) is 0 Å². The second-order valence-corrected chi connectivity index (χ2v) is 6.74. The monoisotopic (exact) mass is 321 g/mol. The van der Waals surface area contributed by atoms with Gasteiger partial charge in [0.1, 0.15) is 0 Å². The molecule has 1 aromatic heterocycles. The molecule has 1 aromatic rings. The first-order valence-electron chi connectivity index (χ1n) is 8.71. The maximum absolute atomic E-state index is 13.0. The number of aromatic nitrogens is 2. The highest BCUT2D eigenvalue weighted by Crippen LogP contribution is 2.36. The maximum Gasteiger partial charge on any atom is 0.228 e. The lowest BCUT2D eigenvalue weighted by Crippen LogP contribution is -2.45. The number of aliphatic hydroxyl groups is 1. The molecule has 1 N–H and O–H groups in total. The quantitative estimate of drug-likeness (QED) is 0.915. The van der Waals surface area contributed by atoms with Crippen LogP contribution in [0.1, 0.15) is 44.8 Å². The number of aryl methyl sites for hydroxylation is 1. The number of carbonyl (C=O) groups excluding carboxylic acids is 1. The number of piperidine rings is 1. The molecular weight excluding hydrogens is 294 g/mol. The van der Waals surface area contributed by atoms with Gasteiger partial charge in [-0.2, -0.15) is 5.10 Å². The summed E-state index contributed by atoms with van der Waals surface area (Å²) in [5.74, 6) is 0.232. The molecular formula is C17H27N3O3. The van der Waals surface area contributed by atoms with Crippen LogP contribution in [0.15, 0.2) is 12.4 Å². The van der Waals surface area contributed by atoms with E-state index in [1.165, 1.54) is 0 Å². The van der Waals surface area contributed by atoms with Gasteiger partial charge in [0.25, 0.3) is 0 Å². The fourth-order valence-corrected chi connectivity index (χ4v) is 3.71. The zero-order chi connectivity index (χ0) is 16.4. The Morgan fingerprint density at radius 1 is 1.52 bits per heavy atom. The third-order valence-electron chi connectivity index (χ3n) is 5.17. The van der Waals surface area contributed by atoms with Gasteiger partial charge in [0.15, 0.2) is 0 Å². The number of rotatable bonds is 4. The summed E-state index contributed by atoms with van der Waals surface area (Å²) in [6.07, 6.45) is 5.97. The first-order chi connectivity index (χ1) is 11.1. The Labute approximate surface area is 137 Å². The van der Waals surface area contributed by atoms with Gasteiger partial charge in [-0.1, -0.05) is 0 Å². The van der Waals surface area contributed by atoms with Crippen molar-refractivity contribution < 1.29 is 14.6 Å². The Hall–Kier alpha value is -1.40. The van der Waals surface area contributed by atoms with Crippen molar-refractivity contribution in [2.24, 2.45) is 11.8 Å². The highest BCUT2D eigenvalue weighted by Gasteiger charge is 2.39. The molecule has 0 spiro atoms. The SMILES string of the molecule is CCn1cc([C@H]2OCC[C@@H]2C(=O)N2CCC[C@@H]([C@@H](C)O)C2)cn1. The Morgan fingerprint density at radius 3 is 3.04 bits per heavy atom. The maximum atomic E-state index is 13.0. The summed E-state index contributed by atoms with van der Waals surface area (Å²) in [6.45, 7) is 6.74. The van der Waals surface area contributed by atoms with Gasteiger partial charge in [-0.05, 0) is 33.1 Å². The normalized spacial score (nSPS) is 29.7. The topological polar surface area (TPSA) is 67.6 Å². The summed E-state index contributed by atoms with van der Waals surface area (Å²) in [7, 11) is 0. The van der Waals surface area contributed by atoms with Gasteiger partial charge >= 0.3 is 0 Å². The first-order valence-corrected chi connectivity index (χ1v) is 8.71. The first kappa shape index (κ1) is 16.5. The molecule has 1 amide bonds. The molecule has 2 saturated heterocycles. The van der Waals surface area contributed by atoms with Gasteiger partial charge in [0.05, 0.1) is 24.3 Å². The molecule has 2 aliphatic heterocycles. The lowest BCUT2D eigenvalue weighted by atomic mass is 9.90. The van der Waals surface area contributed by atoms with Crippen LogP contribution in [-0.2, 0) is 16.1 Å². The van der Waals surface area contributed by atoms with Gasteiger partial charge in [-0.15, -0.1) is 0 Å². The van der Waals surface area contributed by atoms with Crippen molar-refractivity contribution in [3.05, 3.63) is 18.0 Å². The fourth-order valence-electron chi connectivity index (χ4n) is 3.71. The molecule has 0 aromatic carbocycles. The van der Waals surface area contributed by atoms with E-state index in [9.17, 15) is 9.90 Å². The van der Waals surface area contributed by atoms with Crippen molar-refractivity contribution in [3.8, 4) is 0 Å². The molecule has 23 heavy (non-hydrogen) atoms. The second-order valence-electron chi connectivity index (χ2n) is 6.74. The largest absolute Gasteiger partial charge is 0.393 e. The van der Waals surface area contributed by atoms with E-state index in [0.717, 1.165) is 37.9 Å². The zero-order valence-corrected chi connectivity index (χ0v) is 14.0. The van der Waals surface area contributed by atoms with Crippen LogP contribution in [0.3, 0.4) is 0 Å². The van der Waals surface area contributed by atoms with Gasteiger partial charge in [0, 0.05) is 43.9 Å². The van der Waals surface area contributed by atoms with Gasteiger partial charge in [0.2, 0.25) is 5.91 Å². The molecule has 4 atom stereocenters. The number of ether oxygens (including phenoxy) is 1. The van der Waals surface area contributed by atoms with E-state index in [2.05, 4.69) is 5.10 Å². The minimum Gasteiger partial charge on any atom is -0.393 e. The molecule has 0 aliphatic carbocycles. The van der Waals surface area contributed by atoms with E-state index < -0.39 is 0 Å². The van der Waals surface area contributed by atoms with Crippen LogP contribution in [-0.4, -0.2) is 51.5 Å². The molecule has 0 unspecified atom stereocenters. The average molecular weight is 321 g/mol. The molecule has 3 rings (SSSR count). The van der Waals surface area contributed by atoms with Crippen molar-refractivity contribution in [3.63, 3.8) is 0 Å². The summed E-state index contributed by atoms with van der Waals surface area (Å²) in [5, 5.41) is 14.1. The molecule has 2 fully saturated rings. The van der Waals surface area contributed by atoms with Crippen molar-refractivity contribution in [2.45, 2.75) is 51.9 Å². The average Bonchev–Trinajstić information content (AvgIpc) is 3.22. The Balaban J connectivity index is 1.70. The van der Waals surface area contributed by atoms with E-state index in [0.29, 0.717) is 13.2 Å². The van der Waals surface area contributed by atoms with Crippen molar-refractivity contribution in [1.82, 2.24) is 14.7 Å². The number of hydrogen-bond acceptors (Lipinski definition) is 4. The molecule has 6 nitrogen and oxygen atoms in total. The summed E-state index contributed by atoms with van der Waals surface area (Å²) < 4.78 is 7.71. The molecule has 3 heterocycles. The zero-order valence-electron chi connectivity index (χ0n) is 14.0. The van der Waals surface area contributed by atoms with Gasteiger partial charge < -0.3 is 14.7 Å². The highest BCUT2D eigenvalue weighted by atomic mass is 16.5. The minimum atomic E-state index is -0.357. The highest BCUT2D eigenvalue weighted by molar-refractivity contribution is 5.80. The van der Waals surface area contributed by atoms with Crippen LogP contribution in [0.4, 0.5) is 0 Å². The second kappa shape index (κ2) is 7.01. The molecule has 0 bridgehead atoms. The van der Waals surface area contributed by atoms with Crippen LogP contribution in [0.2, 0.25) is 0 Å². The predicted octanol–water partition coefficient (Wildman–Crippen LogP) is 1.60. The summed E-state index contributed by atoms with van der Waals surface area (Å²) in [4.78, 5) is 14.9. The van der Waals surface area contributed by atoms with Gasteiger partial charge in [-0.3, -0.25) is 9.48 Å². The number of likely N-dealkylation sites (tertiary alicyclic amines) is 1. The van der Waals surface area contributed by atoms with Crippen LogP contribution in [0.5, 0.6) is 0 Å². The Bertz CT molecular complexity index is 543. The number of hydrogen-bond donors (Lipinski definition) is 1. The Kier molecular flexibility index (Phi) is 5.02. The Morgan fingerprint density at radius 2 is 2.35 bits per heavy atom. The molecule has 128 valence electrons. The number of nitrogens with zero attached hydrogens (tertiary/aromatic N) is 3. The third-order valence-corrected chi connectivity index (χ3v) is 5.17. The smallest absolute Gasteiger partial charge is 0.228 e. The van der Waals surface area contributed by atoms with Crippen molar-refractivity contribution in [1.29, 1.82) is 0 Å². The predicted molar refractivity (Wildman–Crippen MR) is 85.7 cm³/mol. The molecule has 0 saturated carbocycles. The third kappa shape index (κ3) is 3.43. The summed E-state index contributed by atoms with van der Waals surface area (Å²) in [5.41, 5.74) is 0.992. The van der Waals surface area contributed by atoms with E-state index >= 15 is 0 Å². The van der Waals surface area contributed by atoms with Crippen molar-refractivity contribution in [2.75, 3.05) is 19.7 Å². The molecule has 6 heteroatoms. The number of carbonyl (C=O) groups is 1. The van der Waals surface area contributed by atoms with E-state index in [4.69, 9.17) is 4.74 Å². The van der Waals surface area contributed by atoms with Crippen LogP contribution < -0.4 is 0 Å². The van der Waals surface area contributed by atoms with Crippen LogP contribution >= 0.6 is 0 Å². The lowest BCUT2D eigenvalue weighted by Gasteiger charge is -2.36. The van der Waals surface area contributed by atoms with Crippen LogP contribution in [0.25, 0.3) is 0 Å². The number of aliphatic hydroxyl groups excluding tert-OH is 1. The standard InChI is InChI=1S/C17H27N3O3/c1-3-20-11-14(9-18-20)16-15(6-8-23-16)17(22)19-7-4-5-13(10-19)12(2)21/h9,11-13,15-16,21H,3-8,10H2,1-2H3/t12-,13-,15+,16-/m1/s1. The van der Waals surface area contributed by atoms with Crippen molar-refractivity contribution >= 4 is 5.91 Å².